The Hall–Kier alpha value is -1.74. The second kappa shape index (κ2) is 5.71. The maximum absolute atomic E-state index is 13.2. The molecule has 1 heterocycles. The van der Waals surface area contributed by atoms with E-state index in [9.17, 15) is 4.39 Å². The summed E-state index contributed by atoms with van der Waals surface area (Å²) in [6, 6.07) is 11.7. The smallest absolute Gasteiger partial charge is 0.150 e. The zero-order valence-corrected chi connectivity index (χ0v) is 11.7. The number of ether oxygens (including phenoxy) is 1. The standard InChI is InChI=1S/C16H15ClFNO/c17-12-6-7-16(15(10-12)19-8-1-2-9-19)20-14-5-3-4-13(18)11-14/h3-7,10-11H,1-2,8-9H2. The van der Waals surface area contributed by atoms with E-state index < -0.39 is 0 Å². The van der Waals surface area contributed by atoms with Gasteiger partial charge < -0.3 is 9.64 Å². The first kappa shape index (κ1) is 13.3. The van der Waals surface area contributed by atoms with Crippen LogP contribution in [-0.4, -0.2) is 13.1 Å². The van der Waals surface area contributed by atoms with Crippen LogP contribution in [0, 0.1) is 5.82 Å². The number of hydrogen-bond donors (Lipinski definition) is 0. The van der Waals surface area contributed by atoms with Gasteiger partial charge in [0.1, 0.15) is 11.6 Å². The van der Waals surface area contributed by atoms with E-state index in [2.05, 4.69) is 4.90 Å². The molecule has 104 valence electrons. The maximum Gasteiger partial charge on any atom is 0.150 e. The van der Waals surface area contributed by atoms with Crippen molar-refractivity contribution in [2.75, 3.05) is 18.0 Å². The van der Waals surface area contributed by atoms with Gasteiger partial charge in [-0.2, -0.15) is 0 Å². The molecule has 1 fully saturated rings. The van der Waals surface area contributed by atoms with E-state index in [1.165, 1.54) is 25.0 Å². The summed E-state index contributed by atoms with van der Waals surface area (Å²) in [6.07, 6.45) is 2.35. The Morgan fingerprint density at radius 3 is 2.60 bits per heavy atom. The summed E-state index contributed by atoms with van der Waals surface area (Å²) in [6.45, 7) is 2.00. The number of hydrogen-bond acceptors (Lipinski definition) is 2. The third-order valence-corrected chi connectivity index (χ3v) is 3.63. The van der Waals surface area contributed by atoms with E-state index in [-0.39, 0.29) is 5.82 Å². The van der Waals surface area contributed by atoms with Crippen LogP contribution in [0.3, 0.4) is 0 Å². The van der Waals surface area contributed by atoms with E-state index in [1.807, 2.05) is 12.1 Å². The molecule has 0 bridgehead atoms. The minimum absolute atomic E-state index is 0.306. The predicted molar refractivity (Wildman–Crippen MR) is 79.4 cm³/mol. The molecule has 2 nitrogen and oxygen atoms in total. The normalized spacial score (nSPS) is 14.6. The Bertz CT molecular complexity index is 611. The minimum atomic E-state index is -0.306. The summed E-state index contributed by atoms with van der Waals surface area (Å²) in [5.41, 5.74) is 0.972. The van der Waals surface area contributed by atoms with Crippen molar-refractivity contribution in [2.45, 2.75) is 12.8 Å². The van der Waals surface area contributed by atoms with Gasteiger partial charge in [0, 0.05) is 24.2 Å². The highest BCUT2D eigenvalue weighted by atomic mass is 35.5. The molecule has 0 aromatic heterocycles. The molecule has 2 aromatic carbocycles. The molecule has 0 amide bonds. The Morgan fingerprint density at radius 2 is 1.85 bits per heavy atom. The number of rotatable bonds is 3. The van der Waals surface area contributed by atoms with Gasteiger partial charge in [0.15, 0.2) is 5.75 Å². The molecule has 0 aliphatic carbocycles. The molecule has 1 aliphatic heterocycles. The van der Waals surface area contributed by atoms with Crippen LogP contribution in [0.5, 0.6) is 11.5 Å². The summed E-state index contributed by atoms with van der Waals surface area (Å²) in [5.74, 6) is 0.897. The van der Waals surface area contributed by atoms with Crippen LogP contribution in [0.25, 0.3) is 0 Å². The van der Waals surface area contributed by atoms with Crippen LogP contribution in [0.15, 0.2) is 42.5 Å². The molecule has 4 heteroatoms. The summed E-state index contributed by atoms with van der Waals surface area (Å²) in [4.78, 5) is 2.25. The molecule has 1 aliphatic rings. The lowest BCUT2D eigenvalue weighted by Gasteiger charge is -2.21. The van der Waals surface area contributed by atoms with Gasteiger partial charge in [-0.25, -0.2) is 4.39 Å². The van der Waals surface area contributed by atoms with Crippen molar-refractivity contribution in [3.05, 3.63) is 53.3 Å². The maximum atomic E-state index is 13.2. The summed E-state index contributed by atoms with van der Waals surface area (Å²) >= 11 is 6.08. The Balaban J connectivity index is 1.92. The first-order valence-corrected chi connectivity index (χ1v) is 7.08. The zero-order chi connectivity index (χ0) is 13.9. The van der Waals surface area contributed by atoms with Crippen LogP contribution >= 0.6 is 11.6 Å². The largest absolute Gasteiger partial charge is 0.455 e. The lowest BCUT2D eigenvalue weighted by Crippen LogP contribution is -2.18. The molecule has 2 aromatic rings. The summed E-state index contributed by atoms with van der Waals surface area (Å²) in [7, 11) is 0. The van der Waals surface area contributed by atoms with Crippen LogP contribution in [0.1, 0.15) is 12.8 Å². The van der Waals surface area contributed by atoms with Gasteiger partial charge >= 0.3 is 0 Å². The molecule has 3 rings (SSSR count). The topological polar surface area (TPSA) is 12.5 Å². The highest BCUT2D eigenvalue weighted by Gasteiger charge is 2.17. The average Bonchev–Trinajstić information content (AvgIpc) is 2.95. The van der Waals surface area contributed by atoms with Gasteiger partial charge in [-0.15, -0.1) is 0 Å². The molecule has 0 unspecified atom stereocenters. The third-order valence-electron chi connectivity index (χ3n) is 3.39. The highest BCUT2D eigenvalue weighted by Crippen LogP contribution is 2.36. The molecule has 20 heavy (non-hydrogen) atoms. The fourth-order valence-electron chi connectivity index (χ4n) is 2.44. The van der Waals surface area contributed by atoms with Gasteiger partial charge in [0.2, 0.25) is 0 Å². The number of anilines is 1. The van der Waals surface area contributed by atoms with E-state index in [0.29, 0.717) is 16.5 Å². The molecule has 0 saturated carbocycles. The molecule has 0 spiro atoms. The van der Waals surface area contributed by atoms with Crippen LogP contribution in [-0.2, 0) is 0 Å². The van der Waals surface area contributed by atoms with Gasteiger partial charge in [0.05, 0.1) is 5.69 Å². The molecular weight excluding hydrogens is 277 g/mol. The van der Waals surface area contributed by atoms with Crippen molar-refractivity contribution in [3.63, 3.8) is 0 Å². The second-order valence-corrected chi connectivity index (χ2v) is 5.30. The van der Waals surface area contributed by atoms with Crippen molar-refractivity contribution in [1.82, 2.24) is 0 Å². The fourth-order valence-corrected chi connectivity index (χ4v) is 2.61. The monoisotopic (exact) mass is 291 g/mol. The predicted octanol–water partition coefficient (Wildman–Crippen LogP) is 4.87. The van der Waals surface area contributed by atoms with Crippen LogP contribution in [0.4, 0.5) is 10.1 Å². The van der Waals surface area contributed by atoms with Crippen LogP contribution < -0.4 is 9.64 Å². The minimum Gasteiger partial charge on any atom is -0.455 e. The fraction of sp³-hybridized carbons (Fsp3) is 0.250. The van der Waals surface area contributed by atoms with Crippen molar-refractivity contribution in [2.24, 2.45) is 0 Å². The SMILES string of the molecule is Fc1cccc(Oc2ccc(Cl)cc2N2CCCC2)c1. The Labute approximate surface area is 122 Å². The van der Waals surface area contributed by atoms with E-state index >= 15 is 0 Å². The van der Waals surface area contributed by atoms with E-state index in [1.54, 1.807) is 18.2 Å². The van der Waals surface area contributed by atoms with Crippen molar-refractivity contribution < 1.29 is 9.13 Å². The van der Waals surface area contributed by atoms with Gasteiger partial charge in [-0.05, 0) is 43.2 Å². The number of benzene rings is 2. The van der Waals surface area contributed by atoms with Gasteiger partial charge in [-0.1, -0.05) is 17.7 Å². The summed E-state index contributed by atoms with van der Waals surface area (Å²) < 4.78 is 19.0. The highest BCUT2D eigenvalue weighted by molar-refractivity contribution is 6.30. The first-order valence-electron chi connectivity index (χ1n) is 6.70. The van der Waals surface area contributed by atoms with E-state index in [0.717, 1.165) is 18.8 Å². The number of halogens is 2. The summed E-state index contributed by atoms with van der Waals surface area (Å²) in [5, 5.41) is 0.679. The molecular formula is C16H15ClFNO. The molecule has 0 atom stereocenters. The van der Waals surface area contributed by atoms with Gasteiger partial charge in [-0.3, -0.25) is 0 Å². The zero-order valence-electron chi connectivity index (χ0n) is 11.0. The van der Waals surface area contributed by atoms with Crippen LogP contribution in [0.2, 0.25) is 5.02 Å². The van der Waals surface area contributed by atoms with Crippen molar-refractivity contribution in [3.8, 4) is 11.5 Å². The van der Waals surface area contributed by atoms with Gasteiger partial charge in [0.25, 0.3) is 0 Å². The van der Waals surface area contributed by atoms with Crippen molar-refractivity contribution >= 4 is 17.3 Å². The average molecular weight is 292 g/mol. The molecule has 0 radical (unpaired) electrons. The number of nitrogens with zero attached hydrogens (tertiary/aromatic N) is 1. The second-order valence-electron chi connectivity index (χ2n) is 4.87. The Kier molecular flexibility index (Phi) is 3.79. The Morgan fingerprint density at radius 1 is 1.05 bits per heavy atom. The third kappa shape index (κ3) is 2.88. The molecule has 0 N–H and O–H groups in total. The lowest BCUT2D eigenvalue weighted by molar-refractivity contribution is 0.476. The lowest BCUT2D eigenvalue weighted by atomic mass is 10.2. The van der Waals surface area contributed by atoms with E-state index in [4.69, 9.17) is 16.3 Å². The first-order chi connectivity index (χ1) is 9.72. The molecule has 1 saturated heterocycles. The quantitative estimate of drug-likeness (QED) is 0.800. The van der Waals surface area contributed by atoms with Crippen molar-refractivity contribution in [1.29, 1.82) is 0 Å².